The SMILES string of the molecule is COC(=O)C(C)(N)CN1C(=O)CCC(N2C(=O)c3ccccc3C2=O)C1=O. The summed E-state index contributed by atoms with van der Waals surface area (Å²) in [6.45, 7) is 0.933. The number of rotatable bonds is 4. The van der Waals surface area contributed by atoms with Crippen molar-refractivity contribution in [2.24, 2.45) is 5.73 Å². The van der Waals surface area contributed by atoms with E-state index in [2.05, 4.69) is 4.74 Å². The second-order valence-electron chi connectivity index (χ2n) is 6.81. The average Bonchev–Trinajstić information content (AvgIpc) is 2.89. The molecule has 4 amide bonds. The van der Waals surface area contributed by atoms with E-state index in [1.807, 2.05) is 0 Å². The predicted octanol–water partition coefficient (Wildman–Crippen LogP) is -0.309. The van der Waals surface area contributed by atoms with Crippen LogP contribution >= 0.6 is 0 Å². The van der Waals surface area contributed by atoms with Crippen LogP contribution in [0.15, 0.2) is 24.3 Å². The minimum Gasteiger partial charge on any atom is -0.468 e. The summed E-state index contributed by atoms with van der Waals surface area (Å²) >= 11 is 0. The largest absolute Gasteiger partial charge is 0.468 e. The van der Waals surface area contributed by atoms with E-state index in [0.29, 0.717) is 0 Å². The molecule has 3 rings (SSSR count). The fourth-order valence-corrected chi connectivity index (χ4v) is 3.34. The summed E-state index contributed by atoms with van der Waals surface area (Å²) in [5.41, 5.74) is 4.71. The number of benzene rings is 1. The summed E-state index contributed by atoms with van der Waals surface area (Å²) in [4.78, 5) is 63.9. The number of carbonyl (C=O) groups excluding carboxylic acids is 5. The fraction of sp³-hybridized carbons (Fsp3) is 0.389. The van der Waals surface area contributed by atoms with E-state index in [1.54, 1.807) is 12.1 Å². The number of amides is 4. The monoisotopic (exact) mass is 373 g/mol. The molecule has 27 heavy (non-hydrogen) atoms. The van der Waals surface area contributed by atoms with Gasteiger partial charge in [-0.25, -0.2) is 0 Å². The third-order valence-corrected chi connectivity index (χ3v) is 4.76. The molecule has 0 radical (unpaired) electrons. The number of ether oxygens (including phenoxy) is 1. The van der Waals surface area contributed by atoms with Crippen LogP contribution in [0.1, 0.15) is 40.5 Å². The van der Waals surface area contributed by atoms with Crippen molar-refractivity contribution in [3.8, 4) is 0 Å². The zero-order valence-corrected chi connectivity index (χ0v) is 14.9. The van der Waals surface area contributed by atoms with Gasteiger partial charge < -0.3 is 10.5 Å². The van der Waals surface area contributed by atoms with Crippen molar-refractivity contribution < 1.29 is 28.7 Å². The van der Waals surface area contributed by atoms with Gasteiger partial charge in [0, 0.05) is 6.42 Å². The molecule has 1 aromatic carbocycles. The number of hydrogen-bond donors (Lipinski definition) is 1. The van der Waals surface area contributed by atoms with Crippen LogP contribution in [0.4, 0.5) is 0 Å². The lowest BCUT2D eigenvalue weighted by Crippen LogP contribution is -2.62. The van der Waals surface area contributed by atoms with Gasteiger partial charge in [0.25, 0.3) is 17.7 Å². The zero-order valence-electron chi connectivity index (χ0n) is 14.9. The van der Waals surface area contributed by atoms with Gasteiger partial charge in [-0.05, 0) is 25.5 Å². The molecule has 0 spiro atoms. The number of hydrogen-bond acceptors (Lipinski definition) is 7. The first-order valence-electron chi connectivity index (χ1n) is 8.37. The molecule has 0 bridgehead atoms. The molecule has 9 heteroatoms. The molecule has 2 heterocycles. The lowest BCUT2D eigenvalue weighted by Gasteiger charge is -2.37. The Kier molecular flexibility index (Phi) is 4.56. The van der Waals surface area contributed by atoms with E-state index in [-0.39, 0.29) is 24.0 Å². The number of nitrogens with two attached hydrogens (primary N) is 1. The van der Waals surface area contributed by atoms with Gasteiger partial charge in [-0.3, -0.25) is 33.8 Å². The first kappa shape index (κ1) is 18.7. The quantitative estimate of drug-likeness (QED) is 0.566. The predicted molar refractivity (Wildman–Crippen MR) is 91.3 cm³/mol. The van der Waals surface area contributed by atoms with E-state index in [0.717, 1.165) is 16.9 Å². The number of nitrogens with zero attached hydrogens (tertiary/aromatic N) is 2. The van der Waals surface area contributed by atoms with Crippen molar-refractivity contribution in [2.45, 2.75) is 31.3 Å². The number of imide groups is 2. The van der Waals surface area contributed by atoms with Gasteiger partial charge in [0.2, 0.25) is 5.91 Å². The normalized spacial score (nSPS) is 22.0. The molecule has 2 unspecified atom stereocenters. The molecule has 9 nitrogen and oxygen atoms in total. The minimum absolute atomic E-state index is 0.0269. The molecule has 1 saturated heterocycles. The highest BCUT2D eigenvalue weighted by molar-refractivity contribution is 6.23. The molecular weight excluding hydrogens is 354 g/mol. The number of piperidine rings is 1. The number of esters is 1. The zero-order chi connectivity index (χ0) is 19.9. The maximum atomic E-state index is 12.9. The average molecular weight is 373 g/mol. The Morgan fingerprint density at radius 1 is 1.19 bits per heavy atom. The number of methoxy groups -OCH3 is 1. The summed E-state index contributed by atoms with van der Waals surface area (Å²) < 4.78 is 4.60. The van der Waals surface area contributed by atoms with Gasteiger partial charge >= 0.3 is 5.97 Å². The van der Waals surface area contributed by atoms with Crippen LogP contribution < -0.4 is 5.73 Å². The van der Waals surface area contributed by atoms with Gasteiger partial charge in [-0.1, -0.05) is 12.1 Å². The van der Waals surface area contributed by atoms with Crippen LogP contribution in [0, 0.1) is 0 Å². The van der Waals surface area contributed by atoms with Crippen molar-refractivity contribution in [1.29, 1.82) is 0 Å². The lowest BCUT2D eigenvalue weighted by atomic mass is 9.97. The number of fused-ring (bicyclic) bond motifs is 1. The van der Waals surface area contributed by atoms with Crippen molar-refractivity contribution in [2.75, 3.05) is 13.7 Å². The third kappa shape index (κ3) is 2.99. The van der Waals surface area contributed by atoms with Crippen molar-refractivity contribution in [3.63, 3.8) is 0 Å². The third-order valence-electron chi connectivity index (χ3n) is 4.76. The Morgan fingerprint density at radius 3 is 2.26 bits per heavy atom. The van der Waals surface area contributed by atoms with Gasteiger partial charge in [-0.2, -0.15) is 0 Å². The highest BCUT2D eigenvalue weighted by Gasteiger charge is 2.48. The number of likely N-dealkylation sites (tertiary alicyclic amines) is 1. The van der Waals surface area contributed by atoms with Crippen LogP contribution in [0.5, 0.6) is 0 Å². The molecule has 142 valence electrons. The van der Waals surface area contributed by atoms with Crippen LogP contribution in [-0.4, -0.2) is 64.6 Å². The molecule has 2 aliphatic rings. The topological polar surface area (TPSA) is 127 Å². The Morgan fingerprint density at radius 2 is 1.74 bits per heavy atom. The van der Waals surface area contributed by atoms with Crippen molar-refractivity contribution in [1.82, 2.24) is 9.80 Å². The number of carbonyl (C=O) groups is 5. The second kappa shape index (κ2) is 6.58. The Labute approximate surface area is 155 Å². The molecular formula is C18H19N3O6. The van der Waals surface area contributed by atoms with Crippen LogP contribution in [0.2, 0.25) is 0 Å². The first-order chi connectivity index (χ1) is 12.7. The van der Waals surface area contributed by atoms with Gasteiger partial charge in [0.15, 0.2) is 0 Å². The molecule has 1 aromatic rings. The molecule has 2 N–H and O–H groups in total. The summed E-state index contributed by atoms with van der Waals surface area (Å²) in [5, 5.41) is 0. The van der Waals surface area contributed by atoms with Crippen LogP contribution in [0.25, 0.3) is 0 Å². The Hall–Kier alpha value is -3.07. The summed E-state index contributed by atoms with van der Waals surface area (Å²) in [6, 6.07) is 5.16. The van der Waals surface area contributed by atoms with E-state index >= 15 is 0 Å². The maximum Gasteiger partial charge on any atom is 0.327 e. The standard InChI is InChI=1S/C18H19N3O6/c1-18(19,17(26)27-2)9-20-13(22)8-7-12(16(20)25)21-14(23)10-5-3-4-6-11(10)15(21)24/h3-6,12H,7-9,19H2,1-2H3. The summed E-state index contributed by atoms with van der Waals surface area (Å²) in [6.07, 6.45) is -0.0276. The fourth-order valence-electron chi connectivity index (χ4n) is 3.34. The van der Waals surface area contributed by atoms with Crippen molar-refractivity contribution in [3.05, 3.63) is 35.4 Å². The van der Waals surface area contributed by atoms with Crippen molar-refractivity contribution >= 4 is 29.6 Å². The highest BCUT2D eigenvalue weighted by atomic mass is 16.5. The molecule has 2 aliphatic heterocycles. The second-order valence-corrected chi connectivity index (χ2v) is 6.81. The van der Waals surface area contributed by atoms with Gasteiger partial charge in [0.1, 0.15) is 11.6 Å². The lowest BCUT2D eigenvalue weighted by molar-refractivity contribution is -0.155. The molecule has 0 saturated carbocycles. The summed E-state index contributed by atoms with van der Waals surface area (Å²) in [5.74, 6) is -3.20. The van der Waals surface area contributed by atoms with Gasteiger partial charge in [0.05, 0.1) is 24.8 Å². The smallest absolute Gasteiger partial charge is 0.327 e. The van der Waals surface area contributed by atoms with E-state index in [1.165, 1.54) is 19.1 Å². The molecule has 0 aromatic heterocycles. The Balaban J connectivity index is 1.88. The Bertz CT molecular complexity index is 827. The maximum absolute atomic E-state index is 12.9. The van der Waals surface area contributed by atoms with Gasteiger partial charge in [-0.15, -0.1) is 0 Å². The van der Waals surface area contributed by atoms with E-state index < -0.39 is 47.7 Å². The minimum atomic E-state index is -1.61. The van der Waals surface area contributed by atoms with E-state index in [9.17, 15) is 24.0 Å². The van der Waals surface area contributed by atoms with Crippen LogP contribution in [-0.2, 0) is 19.1 Å². The van der Waals surface area contributed by atoms with Crippen LogP contribution in [0.3, 0.4) is 0 Å². The molecule has 2 atom stereocenters. The molecule has 1 fully saturated rings. The van der Waals surface area contributed by atoms with E-state index in [4.69, 9.17) is 5.73 Å². The summed E-state index contributed by atoms with van der Waals surface area (Å²) in [7, 11) is 1.15. The first-order valence-corrected chi connectivity index (χ1v) is 8.37. The highest BCUT2D eigenvalue weighted by Crippen LogP contribution is 2.29. The molecule has 0 aliphatic carbocycles.